The van der Waals surface area contributed by atoms with E-state index in [-0.39, 0.29) is 23.4 Å². The van der Waals surface area contributed by atoms with Crippen LogP contribution in [0.15, 0.2) is 89.7 Å². The van der Waals surface area contributed by atoms with Gasteiger partial charge in [-0.05, 0) is 84.8 Å². The maximum Gasteiger partial charge on any atom is 0.323 e. The number of aromatic nitrogens is 1. The normalized spacial score (nSPS) is 17.0. The Kier molecular flexibility index (Phi) is 8.70. The highest BCUT2D eigenvalue weighted by molar-refractivity contribution is 6.30. The number of aryl methyl sites for hydroxylation is 1. The summed E-state index contributed by atoms with van der Waals surface area (Å²) in [6.07, 6.45) is 2.61. The van der Waals surface area contributed by atoms with Gasteiger partial charge in [-0.15, -0.1) is 0 Å². The molecule has 1 fully saturated rings. The molecule has 1 aromatic heterocycles. The van der Waals surface area contributed by atoms with E-state index in [2.05, 4.69) is 27.8 Å². The van der Waals surface area contributed by atoms with Crippen LogP contribution in [0.5, 0.6) is 0 Å². The van der Waals surface area contributed by atoms with Crippen LogP contribution >= 0.6 is 11.6 Å². The number of benzene rings is 3. The maximum absolute atomic E-state index is 13.2. The molecule has 6 rings (SSSR count). The molecule has 2 atom stereocenters. The van der Waals surface area contributed by atoms with Crippen molar-refractivity contribution in [3.63, 3.8) is 0 Å². The molecule has 3 heterocycles. The number of urea groups is 1. The van der Waals surface area contributed by atoms with Crippen molar-refractivity contribution >= 4 is 40.6 Å². The number of carbonyl (C=O) groups is 2. The lowest BCUT2D eigenvalue weighted by molar-refractivity contribution is 0.0954. The van der Waals surface area contributed by atoms with E-state index in [0.29, 0.717) is 53.9 Å². The molecule has 3 aromatic carbocycles. The van der Waals surface area contributed by atoms with Crippen LogP contribution in [0.1, 0.15) is 46.4 Å². The molecular weight excluding hydrogens is 574 g/mol. The highest BCUT2D eigenvalue weighted by Gasteiger charge is 2.35. The summed E-state index contributed by atoms with van der Waals surface area (Å²) in [5.74, 6) is 0.287. The van der Waals surface area contributed by atoms with Gasteiger partial charge < -0.3 is 25.4 Å². The Morgan fingerprint density at radius 2 is 1.66 bits per heavy atom. The number of piperidine rings is 1. The fraction of sp³-hybridized carbons (Fsp3) is 0.286. The Morgan fingerprint density at radius 1 is 0.886 bits per heavy atom. The Hall–Kier alpha value is -4.56. The molecule has 0 saturated carbocycles. The Balaban J connectivity index is 1.22. The van der Waals surface area contributed by atoms with Crippen LogP contribution in [0.4, 0.5) is 21.9 Å². The molecule has 9 heteroatoms. The van der Waals surface area contributed by atoms with E-state index >= 15 is 0 Å². The topological polar surface area (TPSA) is 95.5 Å². The monoisotopic (exact) mass is 609 g/mol. The molecule has 4 aromatic rings. The summed E-state index contributed by atoms with van der Waals surface area (Å²) in [4.78, 5) is 41.2. The van der Waals surface area contributed by atoms with Gasteiger partial charge in [0.05, 0.1) is 11.4 Å². The van der Waals surface area contributed by atoms with Gasteiger partial charge in [-0.25, -0.2) is 4.79 Å². The average molecular weight is 610 g/mol. The van der Waals surface area contributed by atoms with E-state index in [1.54, 1.807) is 12.1 Å². The lowest BCUT2D eigenvalue weighted by atomic mass is 9.83. The zero-order valence-electron chi connectivity index (χ0n) is 24.7. The molecule has 0 aliphatic carbocycles. The quantitative estimate of drug-likeness (QED) is 0.218. The number of anilines is 3. The SMILES string of the molecule is CCc1ccc(NC(=O)Nc2cc(C(=O)NCCc3ccc(Cl)cc3)ccc2N2CC3CC(C2)c2cccc(=O)n2C3)cc1. The van der Waals surface area contributed by atoms with Crippen molar-refractivity contribution in [1.29, 1.82) is 0 Å². The van der Waals surface area contributed by atoms with E-state index in [4.69, 9.17) is 11.6 Å². The summed E-state index contributed by atoms with van der Waals surface area (Å²) in [6.45, 7) is 4.68. The van der Waals surface area contributed by atoms with E-state index in [0.717, 1.165) is 36.3 Å². The van der Waals surface area contributed by atoms with E-state index in [9.17, 15) is 14.4 Å². The van der Waals surface area contributed by atoms with Crippen molar-refractivity contribution in [3.05, 3.63) is 123 Å². The molecule has 44 heavy (non-hydrogen) atoms. The second-order valence-electron chi connectivity index (χ2n) is 11.6. The number of fused-ring (bicyclic) bond motifs is 4. The van der Waals surface area contributed by atoms with Crippen molar-refractivity contribution in [2.45, 2.75) is 38.6 Å². The average Bonchev–Trinajstić information content (AvgIpc) is 3.02. The largest absolute Gasteiger partial charge is 0.369 e. The highest BCUT2D eigenvalue weighted by atomic mass is 35.5. The molecule has 0 radical (unpaired) electrons. The molecular formula is C35H36ClN5O3. The number of rotatable bonds is 8. The molecule has 0 spiro atoms. The Labute approximate surface area is 262 Å². The number of carbonyl (C=O) groups excluding carboxylic acids is 2. The van der Waals surface area contributed by atoms with E-state index in [1.165, 1.54) is 5.56 Å². The lowest BCUT2D eigenvalue weighted by Crippen LogP contribution is -2.47. The molecule has 2 aliphatic heterocycles. The second-order valence-corrected chi connectivity index (χ2v) is 12.0. The fourth-order valence-corrected chi connectivity index (χ4v) is 6.45. The van der Waals surface area contributed by atoms with Gasteiger partial charge in [-0.3, -0.25) is 9.59 Å². The number of amides is 3. The van der Waals surface area contributed by atoms with Crippen molar-refractivity contribution in [2.24, 2.45) is 5.92 Å². The van der Waals surface area contributed by atoms with Crippen LogP contribution in [0.25, 0.3) is 0 Å². The minimum absolute atomic E-state index is 0.0445. The van der Waals surface area contributed by atoms with Gasteiger partial charge in [-0.1, -0.05) is 48.9 Å². The number of nitrogens with zero attached hydrogens (tertiary/aromatic N) is 2. The van der Waals surface area contributed by atoms with Crippen molar-refractivity contribution in [2.75, 3.05) is 35.2 Å². The van der Waals surface area contributed by atoms with E-state index < -0.39 is 0 Å². The summed E-state index contributed by atoms with van der Waals surface area (Å²) >= 11 is 5.99. The Morgan fingerprint density at radius 3 is 2.43 bits per heavy atom. The molecule has 3 N–H and O–H groups in total. The lowest BCUT2D eigenvalue weighted by Gasteiger charge is -2.44. The van der Waals surface area contributed by atoms with Gasteiger partial charge in [0, 0.05) is 60.1 Å². The van der Waals surface area contributed by atoms with E-state index in [1.807, 2.05) is 77.4 Å². The molecule has 2 unspecified atom stereocenters. The van der Waals surface area contributed by atoms with Crippen LogP contribution < -0.4 is 26.4 Å². The third-order valence-electron chi connectivity index (χ3n) is 8.56. The van der Waals surface area contributed by atoms with Gasteiger partial charge in [0.15, 0.2) is 0 Å². The summed E-state index contributed by atoms with van der Waals surface area (Å²) < 4.78 is 1.91. The molecule has 8 nitrogen and oxygen atoms in total. The molecule has 1 saturated heterocycles. The second kappa shape index (κ2) is 13.0. The molecule has 226 valence electrons. The zero-order chi connectivity index (χ0) is 30.6. The van der Waals surface area contributed by atoms with Gasteiger partial charge >= 0.3 is 6.03 Å². The van der Waals surface area contributed by atoms with Crippen molar-refractivity contribution in [3.8, 4) is 0 Å². The van der Waals surface area contributed by atoms with Gasteiger partial charge in [0.2, 0.25) is 0 Å². The zero-order valence-corrected chi connectivity index (χ0v) is 25.4. The Bertz CT molecular complexity index is 1720. The van der Waals surface area contributed by atoms with Crippen LogP contribution in [-0.2, 0) is 19.4 Å². The van der Waals surface area contributed by atoms with Crippen molar-refractivity contribution in [1.82, 2.24) is 9.88 Å². The first-order chi connectivity index (χ1) is 21.4. The minimum atomic E-state index is -0.384. The number of halogens is 1. The minimum Gasteiger partial charge on any atom is -0.369 e. The number of hydrogen-bond acceptors (Lipinski definition) is 4. The smallest absolute Gasteiger partial charge is 0.323 e. The first-order valence-corrected chi connectivity index (χ1v) is 15.5. The predicted octanol–water partition coefficient (Wildman–Crippen LogP) is 6.30. The molecule has 2 bridgehead atoms. The third kappa shape index (κ3) is 6.65. The van der Waals surface area contributed by atoms with Crippen LogP contribution in [0.2, 0.25) is 5.02 Å². The first kappa shape index (κ1) is 29.5. The highest BCUT2D eigenvalue weighted by Crippen LogP contribution is 2.39. The summed E-state index contributed by atoms with van der Waals surface area (Å²) in [6, 6.07) is 25.9. The number of hydrogen-bond donors (Lipinski definition) is 3. The first-order valence-electron chi connectivity index (χ1n) is 15.1. The summed E-state index contributed by atoms with van der Waals surface area (Å²) in [7, 11) is 0. The van der Waals surface area contributed by atoms with Crippen molar-refractivity contribution < 1.29 is 9.59 Å². The number of pyridine rings is 1. The standard InChI is InChI=1S/C35H36ClN5O3/c1-2-23-8-13-29(14-9-23)38-35(44)39-30-19-26(34(43)37-17-16-24-6-11-28(36)12-7-24)10-15-32(30)40-20-25-18-27(22-40)31-4-3-5-33(42)41(31)21-25/h3-15,19,25,27H,2,16-18,20-22H2,1H3,(H,37,43)(H2,38,39,44). The molecule has 3 amide bonds. The fourth-order valence-electron chi connectivity index (χ4n) is 6.33. The predicted molar refractivity (Wildman–Crippen MR) is 176 cm³/mol. The maximum atomic E-state index is 13.2. The van der Waals surface area contributed by atoms with Gasteiger partial charge in [-0.2, -0.15) is 0 Å². The van der Waals surface area contributed by atoms with Gasteiger partial charge in [0.25, 0.3) is 11.5 Å². The number of nitrogens with one attached hydrogen (secondary N) is 3. The third-order valence-corrected chi connectivity index (χ3v) is 8.81. The van der Waals surface area contributed by atoms with Crippen LogP contribution in [-0.4, -0.2) is 36.1 Å². The van der Waals surface area contributed by atoms with Crippen LogP contribution in [0.3, 0.4) is 0 Å². The summed E-state index contributed by atoms with van der Waals surface area (Å²) in [5, 5.41) is 9.61. The summed E-state index contributed by atoms with van der Waals surface area (Å²) in [5.41, 5.74) is 5.92. The molecule has 2 aliphatic rings. The van der Waals surface area contributed by atoms with Crippen LogP contribution in [0, 0.1) is 5.92 Å². The van der Waals surface area contributed by atoms with Gasteiger partial charge in [0.1, 0.15) is 0 Å².